The number of amides is 1. The highest BCUT2D eigenvalue weighted by molar-refractivity contribution is 7.99. The Morgan fingerprint density at radius 1 is 1.26 bits per heavy atom. The Hall–Kier alpha value is -1.55. The maximum absolute atomic E-state index is 11.3. The third-order valence-electron chi connectivity index (χ3n) is 3.32. The van der Waals surface area contributed by atoms with E-state index in [1.54, 1.807) is 7.05 Å². The second-order valence-corrected chi connectivity index (χ2v) is 5.64. The number of fused-ring (bicyclic) bond motifs is 1. The summed E-state index contributed by atoms with van der Waals surface area (Å²) in [6, 6.07) is 6.29. The molecule has 19 heavy (non-hydrogen) atoms. The first-order chi connectivity index (χ1) is 9.02. The van der Waals surface area contributed by atoms with Crippen LogP contribution in [0, 0.1) is 20.8 Å². The third-order valence-corrected chi connectivity index (χ3v) is 4.23. The molecular weight excluding hydrogens is 256 g/mol. The van der Waals surface area contributed by atoms with Crippen molar-refractivity contribution >= 4 is 28.6 Å². The molecule has 0 aliphatic rings. The standard InChI is InChI=1S/C15H18N2OS/c1-9-5-6-12-10(2)7-14(17-15(12)11(9)3)19-8-13(18)16-4/h5-7H,8H2,1-4H3,(H,16,18). The van der Waals surface area contributed by atoms with Crippen LogP contribution in [0.1, 0.15) is 16.7 Å². The summed E-state index contributed by atoms with van der Waals surface area (Å²) in [4.78, 5) is 16.0. The zero-order valence-corrected chi connectivity index (χ0v) is 12.5. The van der Waals surface area contributed by atoms with Gasteiger partial charge in [0, 0.05) is 12.4 Å². The van der Waals surface area contributed by atoms with E-state index in [0.717, 1.165) is 10.5 Å². The van der Waals surface area contributed by atoms with Crippen molar-refractivity contribution in [3.05, 3.63) is 34.9 Å². The summed E-state index contributed by atoms with van der Waals surface area (Å²) < 4.78 is 0. The molecule has 1 amide bonds. The first-order valence-electron chi connectivity index (χ1n) is 6.24. The van der Waals surface area contributed by atoms with E-state index >= 15 is 0 Å². The van der Waals surface area contributed by atoms with Crippen LogP contribution in [0.2, 0.25) is 0 Å². The average Bonchev–Trinajstić information content (AvgIpc) is 2.40. The number of rotatable bonds is 3. The summed E-state index contributed by atoms with van der Waals surface area (Å²) in [6.07, 6.45) is 0. The van der Waals surface area contributed by atoms with Crippen molar-refractivity contribution in [2.45, 2.75) is 25.8 Å². The van der Waals surface area contributed by atoms with Crippen molar-refractivity contribution in [1.82, 2.24) is 10.3 Å². The summed E-state index contributed by atoms with van der Waals surface area (Å²) >= 11 is 1.47. The SMILES string of the molecule is CNC(=O)CSc1cc(C)c2ccc(C)c(C)c2n1. The minimum atomic E-state index is 0.0190. The molecule has 4 heteroatoms. The molecule has 1 aromatic heterocycles. The molecule has 0 radical (unpaired) electrons. The van der Waals surface area contributed by atoms with E-state index in [1.165, 1.54) is 33.8 Å². The van der Waals surface area contributed by atoms with Gasteiger partial charge in [0.25, 0.3) is 0 Å². The van der Waals surface area contributed by atoms with Crippen LogP contribution in [0.3, 0.4) is 0 Å². The average molecular weight is 274 g/mol. The third kappa shape index (κ3) is 2.89. The monoisotopic (exact) mass is 274 g/mol. The minimum Gasteiger partial charge on any atom is -0.358 e. The molecule has 0 atom stereocenters. The lowest BCUT2D eigenvalue weighted by Crippen LogP contribution is -2.19. The fourth-order valence-corrected chi connectivity index (χ4v) is 2.79. The molecular formula is C15H18N2OS. The van der Waals surface area contributed by atoms with Gasteiger partial charge in [-0.25, -0.2) is 4.98 Å². The number of aromatic nitrogens is 1. The zero-order chi connectivity index (χ0) is 14.0. The van der Waals surface area contributed by atoms with Crippen molar-refractivity contribution < 1.29 is 4.79 Å². The molecule has 1 aromatic carbocycles. The quantitative estimate of drug-likeness (QED) is 0.875. The van der Waals surface area contributed by atoms with Gasteiger partial charge in [0.1, 0.15) is 0 Å². The van der Waals surface area contributed by atoms with Gasteiger partial charge in [0.15, 0.2) is 0 Å². The van der Waals surface area contributed by atoms with E-state index in [2.05, 4.69) is 43.2 Å². The predicted molar refractivity (Wildman–Crippen MR) is 80.7 cm³/mol. The van der Waals surface area contributed by atoms with Crippen LogP contribution in [0.15, 0.2) is 23.2 Å². The Morgan fingerprint density at radius 2 is 2.00 bits per heavy atom. The van der Waals surface area contributed by atoms with Gasteiger partial charge in [-0.05, 0) is 43.5 Å². The van der Waals surface area contributed by atoms with Crippen molar-refractivity contribution in [3.8, 4) is 0 Å². The second kappa shape index (κ2) is 5.61. The summed E-state index contributed by atoms with van der Waals surface area (Å²) in [5.74, 6) is 0.421. The van der Waals surface area contributed by atoms with Crippen LogP contribution in [0.25, 0.3) is 10.9 Å². The fraction of sp³-hybridized carbons (Fsp3) is 0.333. The highest BCUT2D eigenvalue weighted by Crippen LogP contribution is 2.27. The Labute approximate surface area is 117 Å². The number of hydrogen-bond donors (Lipinski definition) is 1. The fourth-order valence-electron chi connectivity index (χ4n) is 1.95. The number of pyridine rings is 1. The molecule has 100 valence electrons. The van der Waals surface area contributed by atoms with Gasteiger partial charge < -0.3 is 5.32 Å². The van der Waals surface area contributed by atoms with Crippen molar-refractivity contribution in [3.63, 3.8) is 0 Å². The van der Waals surface area contributed by atoms with Gasteiger partial charge in [-0.1, -0.05) is 23.9 Å². The number of benzene rings is 1. The van der Waals surface area contributed by atoms with Crippen LogP contribution in [0.4, 0.5) is 0 Å². The van der Waals surface area contributed by atoms with Crippen molar-refractivity contribution in [1.29, 1.82) is 0 Å². The van der Waals surface area contributed by atoms with Gasteiger partial charge >= 0.3 is 0 Å². The maximum Gasteiger partial charge on any atom is 0.230 e. The second-order valence-electron chi connectivity index (χ2n) is 4.64. The van der Waals surface area contributed by atoms with Gasteiger partial charge in [-0.2, -0.15) is 0 Å². The highest BCUT2D eigenvalue weighted by Gasteiger charge is 2.08. The first kappa shape index (κ1) is 13.9. The van der Waals surface area contributed by atoms with E-state index in [1.807, 2.05) is 6.07 Å². The van der Waals surface area contributed by atoms with Crippen LogP contribution < -0.4 is 5.32 Å². The smallest absolute Gasteiger partial charge is 0.230 e. The Balaban J connectivity index is 2.42. The van der Waals surface area contributed by atoms with Crippen LogP contribution in [-0.4, -0.2) is 23.7 Å². The number of nitrogens with one attached hydrogen (secondary N) is 1. The topological polar surface area (TPSA) is 42.0 Å². The Kier molecular flexibility index (Phi) is 4.10. The Morgan fingerprint density at radius 3 is 2.68 bits per heavy atom. The summed E-state index contributed by atoms with van der Waals surface area (Å²) in [5, 5.41) is 4.71. The Bertz CT molecular complexity index is 638. The lowest BCUT2D eigenvalue weighted by atomic mass is 10.0. The predicted octanol–water partition coefficient (Wildman–Crippen LogP) is 3.00. The molecule has 0 saturated heterocycles. The number of carbonyl (C=O) groups is 1. The molecule has 0 aliphatic heterocycles. The van der Waals surface area contributed by atoms with E-state index in [0.29, 0.717) is 5.75 Å². The van der Waals surface area contributed by atoms with E-state index < -0.39 is 0 Å². The molecule has 0 bridgehead atoms. The number of carbonyl (C=O) groups excluding carboxylic acids is 1. The molecule has 2 aromatic rings. The summed E-state index contributed by atoms with van der Waals surface area (Å²) in [7, 11) is 1.65. The summed E-state index contributed by atoms with van der Waals surface area (Å²) in [6.45, 7) is 6.27. The molecule has 3 nitrogen and oxygen atoms in total. The number of thioether (sulfide) groups is 1. The molecule has 0 unspecified atom stereocenters. The lowest BCUT2D eigenvalue weighted by Gasteiger charge is -2.10. The highest BCUT2D eigenvalue weighted by atomic mass is 32.2. The van der Waals surface area contributed by atoms with Crippen LogP contribution in [0.5, 0.6) is 0 Å². The van der Waals surface area contributed by atoms with Gasteiger partial charge in [-0.3, -0.25) is 4.79 Å². The van der Waals surface area contributed by atoms with Crippen LogP contribution in [-0.2, 0) is 4.79 Å². The van der Waals surface area contributed by atoms with Gasteiger partial charge in [0.05, 0.1) is 16.3 Å². The molecule has 1 N–H and O–H groups in total. The number of aryl methyl sites for hydroxylation is 3. The van der Waals surface area contributed by atoms with Crippen molar-refractivity contribution in [2.24, 2.45) is 0 Å². The first-order valence-corrected chi connectivity index (χ1v) is 7.22. The molecule has 0 fully saturated rings. The summed E-state index contributed by atoms with van der Waals surface area (Å²) in [5.41, 5.74) is 4.70. The van der Waals surface area contributed by atoms with Crippen molar-refractivity contribution in [2.75, 3.05) is 12.8 Å². The largest absolute Gasteiger partial charge is 0.358 e. The number of hydrogen-bond acceptors (Lipinski definition) is 3. The molecule has 0 aliphatic carbocycles. The molecule has 2 rings (SSSR count). The molecule has 1 heterocycles. The normalized spacial score (nSPS) is 10.7. The lowest BCUT2D eigenvalue weighted by molar-refractivity contribution is -0.118. The molecule has 0 spiro atoms. The minimum absolute atomic E-state index is 0.0190. The maximum atomic E-state index is 11.3. The van der Waals surface area contributed by atoms with Gasteiger partial charge in [-0.15, -0.1) is 0 Å². The van der Waals surface area contributed by atoms with E-state index in [4.69, 9.17) is 0 Å². The van der Waals surface area contributed by atoms with E-state index in [-0.39, 0.29) is 5.91 Å². The number of nitrogens with zero attached hydrogens (tertiary/aromatic N) is 1. The van der Waals surface area contributed by atoms with Crippen LogP contribution >= 0.6 is 11.8 Å². The molecule has 0 saturated carbocycles. The zero-order valence-electron chi connectivity index (χ0n) is 11.7. The van der Waals surface area contributed by atoms with E-state index in [9.17, 15) is 4.79 Å². The van der Waals surface area contributed by atoms with Gasteiger partial charge in [0.2, 0.25) is 5.91 Å².